The Morgan fingerprint density at radius 3 is 1.60 bits per heavy atom. The minimum absolute atomic E-state index is 0. The van der Waals surface area contributed by atoms with E-state index < -0.39 is 18.2 Å². The Morgan fingerprint density at radius 1 is 1.30 bits per heavy atom. The minimum Gasteiger partial charge on any atom is -0.302 e. The number of hydrogen-bond acceptors (Lipinski definition) is 4. The fourth-order valence-corrected chi connectivity index (χ4v) is 1.10. The van der Waals surface area contributed by atoms with Gasteiger partial charge in [-0.25, -0.2) is 4.57 Å². The molecule has 0 amide bonds. The third-order valence-electron chi connectivity index (χ3n) is 0.191. The van der Waals surface area contributed by atoms with Crippen molar-refractivity contribution in [1.29, 1.82) is 0 Å². The Balaban J connectivity index is 0. The molecule has 0 unspecified atom stereocenters. The van der Waals surface area contributed by atoms with Gasteiger partial charge in [0.05, 0.1) is 0 Å². The van der Waals surface area contributed by atoms with Crippen LogP contribution in [0.3, 0.4) is 0 Å². The molecule has 0 aliphatic carbocycles. The van der Waals surface area contributed by atoms with Gasteiger partial charge in [-0.15, -0.1) is 3.97 Å². The van der Waals surface area contributed by atoms with E-state index in [1.807, 2.05) is 0 Å². The van der Waals surface area contributed by atoms with Crippen molar-refractivity contribution in [1.82, 2.24) is 0 Å². The molecule has 0 bridgehead atoms. The average molecular weight is 242 g/mol. The predicted octanol–water partition coefficient (Wildman–Crippen LogP) is -1.10. The molecule has 0 aliphatic heterocycles. The zero-order valence-corrected chi connectivity index (χ0v) is 6.78. The Labute approximate surface area is 67.1 Å². The van der Waals surface area contributed by atoms with Gasteiger partial charge in [-0.1, -0.05) is 0 Å². The molecule has 0 atom stereocenters. The number of rotatable bonds is 2. The van der Waals surface area contributed by atoms with E-state index in [0.717, 1.165) is 0 Å². The first-order chi connectivity index (χ1) is 3.71. The Morgan fingerprint density at radius 2 is 1.60 bits per heavy atom. The van der Waals surface area contributed by atoms with Crippen LogP contribution >= 0.6 is 7.82 Å². The van der Waals surface area contributed by atoms with Crippen LogP contribution in [0.5, 0.6) is 0 Å². The van der Waals surface area contributed by atoms with Crippen LogP contribution in [0, 0.1) is 0 Å². The van der Waals surface area contributed by atoms with E-state index in [1.165, 1.54) is 0 Å². The van der Waals surface area contributed by atoms with Gasteiger partial charge in [0.2, 0.25) is 0 Å². The van der Waals surface area contributed by atoms with Crippen LogP contribution < -0.4 is 0 Å². The predicted molar refractivity (Wildman–Crippen MR) is 24.7 cm³/mol. The van der Waals surface area contributed by atoms with Gasteiger partial charge in [-0.05, 0) is 0 Å². The summed E-state index contributed by atoms with van der Waals surface area (Å²) in [5.74, 6) is 0. The van der Waals surface area contributed by atoms with Crippen LogP contribution in [0.2, 0.25) is 0 Å². The fraction of sp³-hybridized carbons (Fsp3) is 0. The smallest absolute Gasteiger partial charge is 0.302 e. The van der Waals surface area contributed by atoms with Crippen LogP contribution in [-0.2, 0) is 36.0 Å². The van der Waals surface area contributed by atoms with Crippen molar-refractivity contribution in [2.24, 2.45) is 0 Å². The van der Waals surface area contributed by atoms with E-state index in [4.69, 9.17) is 14.3 Å². The Kier molecular flexibility index (Phi) is 4.99. The van der Waals surface area contributed by atoms with E-state index in [2.05, 4.69) is 3.97 Å². The molecular formula is H3CuO7PS. The molecule has 0 heterocycles. The van der Waals surface area contributed by atoms with Gasteiger partial charge >= 0.3 is 18.2 Å². The molecule has 0 fully saturated rings. The second kappa shape index (κ2) is 3.79. The van der Waals surface area contributed by atoms with Crippen LogP contribution in [0.1, 0.15) is 0 Å². The molecule has 0 aromatic rings. The molecule has 1 radical (unpaired) electrons. The number of hydrogen-bond donors (Lipinski definition) is 3. The van der Waals surface area contributed by atoms with Gasteiger partial charge in [0.15, 0.2) is 0 Å². The molecule has 0 aromatic heterocycles. The molecule has 0 aliphatic rings. The van der Waals surface area contributed by atoms with Gasteiger partial charge in [-0.2, -0.15) is 8.42 Å². The Hall–Kier alpha value is 0.539. The van der Waals surface area contributed by atoms with E-state index >= 15 is 0 Å². The first-order valence-electron chi connectivity index (χ1n) is 1.45. The molecule has 0 aromatic carbocycles. The summed E-state index contributed by atoms with van der Waals surface area (Å²) in [5, 5.41) is 0. The zero-order chi connectivity index (χ0) is 7.71. The topological polar surface area (TPSA) is 121 Å². The van der Waals surface area contributed by atoms with Crippen molar-refractivity contribution in [3.8, 4) is 0 Å². The van der Waals surface area contributed by atoms with Crippen molar-refractivity contribution in [3.63, 3.8) is 0 Å². The van der Waals surface area contributed by atoms with Crippen LogP contribution in [-0.4, -0.2) is 22.8 Å². The molecule has 10 heteroatoms. The summed E-state index contributed by atoms with van der Waals surface area (Å²) in [5.41, 5.74) is 0. The Bertz CT molecular complexity index is 220. The third kappa shape index (κ3) is 11.4. The average Bonchev–Trinajstić information content (AvgIpc) is 1.14. The summed E-state index contributed by atoms with van der Waals surface area (Å²) in [6.07, 6.45) is 0. The molecular weight excluding hydrogens is 239 g/mol. The van der Waals surface area contributed by atoms with Crippen molar-refractivity contribution in [2.75, 3.05) is 0 Å². The molecule has 0 saturated heterocycles. The SMILES string of the molecule is O=P(O)(O)OS(=O)(=O)O.[Cu]. The first kappa shape index (κ1) is 13.2. The maximum absolute atomic E-state index is 9.58. The van der Waals surface area contributed by atoms with Crippen molar-refractivity contribution in [2.45, 2.75) is 0 Å². The second-order valence-corrected chi connectivity index (χ2v) is 3.43. The van der Waals surface area contributed by atoms with Crippen molar-refractivity contribution >= 4 is 18.2 Å². The van der Waals surface area contributed by atoms with Crippen LogP contribution in [0.15, 0.2) is 0 Å². The van der Waals surface area contributed by atoms with E-state index in [-0.39, 0.29) is 17.1 Å². The first-order valence-corrected chi connectivity index (χ1v) is 4.34. The maximum atomic E-state index is 9.58. The molecule has 3 N–H and O–H groups in total. The van der Waals surface area contributed by atoms with Crippen LogP contribution in [0.4, 0.5) is 0 Å². The maximum Gasteiger partial charge on any atom is 0.486 e. The quantitative estimate of drug-likeness (QED) is 0.319. The normalized spacial score (nSPS) is 12.3. The van der Waals surface area contributed by atoms with Gasteiger partial charge < -0.3 is 9.79 Å². The summed E-state index contributed by atoms with van der Waals surface area (Å²) in [6, 6.07) is 0. The summed E-state index contributed by atoms with van der Waals surface area (Å²) in [7, 11) is -10.2. The second-order valence-electron chi connectivity index (χ2n) is 0.993. The van der Waals surface area contributed by atoms with Gasteiger partial charge in [0.25, 0.3) is 0 Å². The standard InChI is InChI=1S/Cu.H3O7PS/c;1-8(2,3)7-9(4,5)6/h;(H2,1,2,3)(H,4,5,6). The van der Waals surface area contributed by atoms with Crippen LogP contribution in [0.25, 0.3) is 0 Å². The zero-order valence-electron chi connectivity index (χ0n) is 4.13. The number of phosphoric acid groups is 1. The van der Waals surface area contributed by atoms with Gasteiger partial charge in [0, 0.05) is 17.1 Å². The fourth-order valence-electron chi connectivity index (χ4n) is 0.123. The van der Waals surface area contributed by atoms with E-state index in [0.29, 0.717) is 0 Å². The van der Waals surface area contributed by atoms with Crippen molar-refractivity contribution < 1.29 is 48.4 Å². The molecule has 10 heavy (non-hydrogen) atoms. The summed E-state index contributed by atoms with van der Waals surface area (Å²) in [4.78, 5) is 15.4. The largest absolute Gasteiger partial charge is 0.486 e. The van der Waals surface area contributed by atoms with Gasteiger partial charge in [-0.3, -0.25) is 4.55 Å². The van der Waals surface area contributed by atoms with E-state index in [1.54, 1.807) is 0 Å². The molecule has 0 spiro atoms. The summed E-state index contributed by atoms with van der Waals surface area (Å²) < 4.78 is 39.0. The molecule has 0 saturated carbocycles. The molecule has 7 nitrogen and oxygen atoms in total. The monoisotopic (exact) mass is 241 g/mol. The third-order valence-corrected chi connectivity index (χ3v) is 1.72. The van der Waals surface area contributed by atoms with Gasteiger partial charge in [0.1, 0.15) is 0 Å². The minimum atomic E-state index is -5.13. The van der Waals surface area contributed by atoms with Crippen molar-refractivity contribution in [3.05, 3.63) is 0 Å². The summed E-state index contributed by atoms with van der Waals surface area (Å²) >= 11 is 0. The van der Waals surface area contributed by atoms with E-state index in [9.17, 15) is 13.0 Å². The molecule has 67 valence electrons. The summed E-state index contributed by atoms with van der Waals surface area (Å²) in [6.45, 7) is 0. The molecule has 0 rings (SSSR count).